The van der Waals surface area contributed by atoms with E-state index in [0.29, 0.717) is 22.7 Å². The van der Waals surface area contributed by atoms with E-state index in [9.17, 15) is 27.9 Å². The van der Waals surface area contributed by atoms with Gasteiger partial charge < -0.3 is 21.5 Å². The first-order valence-corrected chi connectivity index (χ1v) is 13.8. The van der Waals surface area contributed by atoms with Crippen molar-refractivity contribution in [2.24, 2.45) is 5.73 Å². The van der Waals surface area contributed by atoms with Crippen LogP contribution in [0.15, 0.2) is 48.5 Å². The summed E-state index contributed by atoms with van der Waals surface area (Å²) in [6.07, 6.45) is -1.47. The fourth-order valence-electron chi connectivity index (χ4n) is 5.42. The Labute approximate surface area is 236 Å². The maximum Gasteiger partial charge on any atom is 0.432 e. The van der Waals surface area contributed by atoms with Crippen LogP contribution in [0.25, 0.3) is 10.9 Å². The molecule has 0 radical (unpaired) electrons. The molecule has 0 bridgehead atoms. The molecule has 41 heavy (non-hydrogen) atoms. The molecule has 1 saturated heterocycles. The smallest absolute Gasteiger partial charge is 0.432 e. The van der Waals surface area contributed by atoms with Crippen molar-refractivity contribution in [2.45, 2.75) is 69.8 Å². The van der Waals surface area contributed by atoms with E-state index in [0.717, 1.165) is 57.0 Å². The molecule has 2 aromatic carbocycles. The van der Waals surface area contributed by atoms with Gasteiger partial charge >= 0.3 is 12.3 Å². The highest BCUT2D eigenvalue weighted by molar-refractivity contribution is 5.96. The van der Waals surface area contributed by atoms with Crippen LogP contribution in [0, 0.1) is 0 Å². The van der Waals surface area contributed by atoms with E-state index in [4.69, 9.17) is 5.73 Å². The Balaban J connectivity index is 0.000000909. The number of nitrogens with two attached hydrogens (primary N) is 1. The molecular weight excluding hydrogens is 537 g/mol. The fourth-order valence-corrected chi connectivity index (χ4v) is 5.42. The average Bonchev–Trinajstić information content (AvgIpc) is 3.27. The summed E-state index contributed by atoms with van der Waals surface area (Å²) in [5, 5.41) is 18.8. The minimum atomic E-state index is -4.59. The Bertz CT molecular complexity index is 1330. The Morgan fingerprint density at radius 2 is 1.71 bits per heavy atom. The van der Waals surface area contributed by atoms with Crippen LogP contribution in [0.1, 0.15) is 56.6 Å². The number of carboxylic acid groups (broad SMARTS) is 1. The quantitative estimate of drug-likeness (QED) is 0.331. The molecule has 3 aromatic rings. The molecule has 2 aliphatic rings. The lowest BCUT2D eigenvalue weighted by atomic mass is 9.80. The molecule has 222 valence electrons. The number of aromatic nitrogens is 2. The third kappa shape index (κ3) is 7.76. The van der Waals surface area contributed by atoms with Gasteiger partial charge in [-0.2, -0.15) is 17.9 Å². The van der Waals surface area contributed by atoms with Crippen LogP contribution in [-0.2, 0) is 11.0 Å². The summed E-state index contributed by atoms with van der Waals surface area (Å²) in [7, 11) is 0. The zero-order valence-corrected chi connectivity index (χ0v) is 23.2. The molecule has 12 heteroatoms. The second-order valence-electron chi connectivity index (χ2n) is 11.0. The van der Waals surface area contributed by atoms with E-state index >= 15 is 0 Å². The maximum absolute atomic E-state index is 13.1. The van der Waals surface area contributed by atoms with Crippen molar-refractivity contribution in [3.63, 3.8) is 0 Å². The summed E-state index contributed by atoms with van der Waals surface area (Å²) in [5.74, 6) is 0.180. The van der Waals surface area contributed by atoms with Crippen LogP contribution in [0.4, 0.5) is 23.8 Å². The Hall–Kier alpha value is -3.64. The summed E-state index contributed by atoms with van der Waals surface area (Å²) in [5.41, 5.74) is 5.59. The lowest BCUT2D eigenvalue weighted by Crippen LogP contribution is -2.63. The van der Waals surface area contributed by atoms with Crippen molar-refractivity contribution in [2.75, 3.05) is 25.0 Å². The van der Waals surface area contributed by atoms with Crippen LogP contribution in [0.5, 0.6) is 0 Å². The van der Waals surface area contributed by atoms with E-state index in [1.165, 1.54) is 5.56 Å². The van der Waals surface area contributed by atoms with E-state index in [1.54, 1.807) is 0 Å². The first kappa shape index (κ1) is 30.3. The number of likely N-dealkylation sites (tertiary alicyclic amines) is 1. The minimum Gasteiger partial charge on any atom is -0.463 e. The first-order valence-electron chi connectivity index (χ1n) is 13.8. The lowest BCUT2D eigenvalue weighted by molar-refractivity contribution is -0.137. The molecule has 2 heterocycles. The van der Waals surface area contributed by atoms with Crippen molar-refractivity contribution in [1.82, 2.24) is 20.0 Å². The number of amides is 1. The minimum absolute atomic E-state index is 0.0000261. The fraction of sp³-hybridized carbons (Fsp3) is 0.483. The number of carbonyl (C=O) groups excluding carboxylic acids is 1. The second kappa shape index (κ2) is 12.9. The molecule has 1 saturated carbocycles. The van der Waals surface area contributed by atoms with Gasteiger partial charge in [-0.25, -0.2) is 4.79 Å². The molecule has 9 nitrogen and oxygen atoms in total. The van der Waals surface area contributed by atoms with E-state index < -0.39 is 17.8 Å². The van der Waals surface area contributed by atoms with E-state index in [1.807, 2.05) is 19.9 Å². The molecule has 0 spiro atoms. The zero-order chi connectivity index (χ0) is 29.7. The normalized spacial score (nSPS) is 19.8. The highest BCUT2D eigenvalue weighted by Gasteiger charge is 2.35. The maximum atomic E-state index is 13.1. The molecular formula is C29H37F3N6O3. The standard InChI is InChI=1S/C26H28F3N5O3.C3H9N/c27-26(28,29)18-8-11-22-21(12-18)24(32-34(22)25(36)37)30-13-23(35)31-19-14-33(15-19)20-9-6-17(7-10-20)16-4-2-1-3-5-16;1-3(2)4/h1-5,8,11-12,17,19-20H,6-7,9-10,13-15H2,(H,30,32)(H,31,35)(H,36,37);3H,4H2,1-2H3. The van der Waals surface area contributed by atoms with Crippen molar-refractivity contribution in [3.05, 3.63) is 59.7 Å². The number of fused-ring (bicyclic) bond motifs is 1. The van der Waals surface area contributed by atoms with Gasteiger partial charge in [-0.05, 0) is 61.4 Å². The summed E-state index contributed by atoms with van der Waals surface area (Å²) >= 11 is 0. The van der Waals surface area contributed by atoms with E-state index in [-0.39, 0.29) is 35.2 Å². The molecule has 5 rings (SSSR count). The number of rotatable bonds is 6. The predicted octanol–water partition coefficient (Wildman–Crippen LogP) is 4.87. The lowest BCUT2D eigenvalue weighted by Gasteiger charge is -2.46. The first-order chi connectivity index (χ1) is 19.4. The van der Waals surface area contributed by atoms with Gasteiger partial charge in [0.15, 0.2) is 5.82 Å². The van der Waals surface area contributed by atoms with Crippen molar-refractivity contribution < 1.29 is 27.9 Å². The van der Waals surface area contributed by atoms with Gasteiger partial charge in [0, 0.05) is 24.5 Å². The third-order valence-electron chi connectivity index (χ3n) is 7.36. The van der Waals surface area contributed by atoms with Crippen LogP contribution >= 0.6 is 0 Å². The number of hydrogen-bond acceptors (Lipinski definition) is 6. The van der Waals surface area contributed by atoms with Crippen LogP contribution in [-0.4, -0.2) is 69.5 Å². The second-order valence-corrected chi connectivity index (χ2v) is 11.0. The predicted molar refractivity (Wildman–Crippen MR) is 151 cm³/mol. The average molecular weight is 575 g/mol. The largest absolute Gasteiger partial charge is 0.463 e. The van der Waals surface area contributed by atoms with Crippen molar-refractivity contribution >= 4 is 28.7 Å². The third-order valence-corrected chi connectivity index (χ3v) is 7.36. The highest BCUT2D eigenvalue weighted by atomic mass is 19.4. The molecule has 0 atom stereocenters. The zero-order valence-electron chi connectivity index (χ0n) is 23.2. The number of alkyl halides is 3. The highest BCUT2D eigenvalue weighted by Crippen LogP contribution is 2.36. The van der Waals surface area contributed by atoms with Crippen LogP contribution < -0.4 is 16.4 Å². The van der Waals surface area contributed by atoms with Gasteiger partial charge in [0.2, 0.25) is 5.91 Å². The number of nitrogens with one attached hydrogen (secondary N) is 2. The van der Waals surface area contributed by atoms with Gasteiger partial charge in [0.25, 0.3) is 0 Å². The van der Waals surface area contributed by atoms with Crippen molar-refractivity contribution in [3.8, 4) is 0 Å². The molecule has 1 aromatic heterocycles. The van der Waals surface area contributed by atoms with Gasteiger partial charge in [0.05, 0.1) is 23.7 Å². The Morgan fingerprint density at radius 3 is 2.29 bits per heavy atom. The van der Waals surface area contributed by atoms with Gasteiger partial charge in [-0.1, -0.05) is 44.2 Å². The summed E-state index contributed by atoms with van der Waals surface area (Å²) in [6, 6.07) is 14.1. The van der Waals surface area contributed by atoms with Crippen LogP contribution in [0.3, 0.4) is 0 Å². The summed E-state index contributed by atoms with van der Waals surface area (Å²) in [6.45, 7) is 5.18. The molecule has 2 fully saturated rings. The Kier molecular flexibility index (Phi) is 9.54. The number of halogens is 3. The number of hydrogen-bond donors (Lipinski definition) is 4. The van der Waals surface area contributed by atoms with Crippen LogP contribution in [0.2, 0.25) is 0 Å². The number of carbonyl (C=O) groups is 2. The molecule has 1 aliphatic heterocycles. The summed E-state index contributed by atoms with van der Waals surface area (Å²) in [4.78, 5) is 26.3. The monoisotopic (exact) mass is 574 g/mol. The molecule has 1 aliphatic carbocycles. The number of nitrogens with zero attached hydrogens (tertiary/aromatic N) is 3. The Morgan fingerprint density at radius 1 is 1.07 bits per heavy atom. The topological polar surface area (TPSA) is 126 Å². The van der Waals surface area contributed by atoms with Gasteiger partial charge in [0.1, 0.15) is 0 Å². The van der Waals surface area contributed by atoms with E-state index in [2.05, 4.69) is 44.9 Å². The van der Waals surface area contributed by atoms with Gasteiger partial charge in [-0.15, -0.1) is 5.10 Å². The number of anilines is 1. The number of benzene rings is 2. The SMILES string of the molecule is CC(C)N.O=C(CNc1nn(C(=O)O)c2ccc(C(F)(F)F)cc12)NC1CN(C2CCC(c3ccccc3)CC2)C1. The summed E-state index contributed by atoms with van der Waals surface area (Å²) < 4.78 is 40.0. The molecule has 1 amide bonds. The molecule has 0 unspecified atom stereocenters. The molecule has 5 N–H and O–H groups in total. The van der Waals surface area contributed by atoms with Gasteiger partial charge in [-0.3, -0.25) is 9.69 Å². The van der Waals surface area contributed by atoms with Crippen molar-refractivity contribution in [1.29, 1.82) is 0 Å².